The van der Waals surface area contributed by atoms with Crippen molar-refractivity contribution in [1.82, 2.24) is 0 Å². The standard InChI is InChI=1S/C14H19N3/c1-10(2)17(9-11-6-7-11)13-5-3-4-12(8-15)14(13)16/h3-5,10-11H,6-7,9,16H2,1-2H3. The van der Waals surface area contributed by atoms with Crippen LogP contribution in [0.1, 0.15) is 32.3 Å². The lowest BCUT2D eigenvalue weighted by Crippen LogP contribution is -2.33. The van der Waals surface area contributed by atoms with Gasteiger partial charge in [-0.3, -0.25) is 0 Å². The summed E-state index contributed by atoms with van der Waals surface area (Å²) in [5.41, 5.74) is 8.26. The number of nitrogen functional groups attached to an aromatic ring is 1. The number of hydrogen-bond donors (Lipinski definition) is 1. The van der Waals surface area contributed by atoms with Gasteiger partial charge in [0.2, 0.25) is 0 Å². The number of para-hydroxylation sites is 1. The van der Waals surface area contributed by atoms with Gasteiger partial charge in [-0.15, -0.1) is 0 Å². The Morgan fingerprint density at radius 1 is 1.47 bits per heavy atom. The SMILES string of the molecule is CC(C)N(CC1CC1)c1cccc(C#N)c1N. The van der Waals surface area contributed by atoms with Gasteiger partial charge in [0.25, 0.3) is 0 Å². The lowest BCUT2D eigenvalue weighted by molar-refractivity contribution is 0.645. The van der Waals surface area contributed by atoms with Crippen molar-refractivity contribution < 1.29 is 0 Å². The molecule has 0 atom stereocenters. The second kappa shape index (κ2) is 4.67. The van der Waals surface area contributed by atoms with E-state index in [1.54, 1.807) is 6.07 Å². The van der Waals surface area contributed by atoms with E-state index in [-0.39, 0.29) is 0 Å². The van der Waals surface area contributed by atoms with Crippen molar-refractivity contribution in [2.75, 3.05) is 17.2 Å². The molecule has 0 unspecified atom stereocenters. The average Bonchev–Trinajstić information content (AvgIpc) is 3.10. The van der Waals surface area contributed by atoms with Gasteiger partial charge >= 0.3 is 0 Å². The Labute approximate surface area is 103 Å². The van der Waals surface area contributed by atoms with E-state index in [2.05, 4.69) is 24.8 Å². The van der Waals surface area contributed by atoms with Gasteiger partial charge in [-0.1, -0.05) is 6.07 Å². The maximum absolute atomic E-state index is 9.01. The molecule has 0 spiro atoms. The van der Waals surface area contributed by atoms with Gasteiger partial charge < -0.3 is 10.6 Å². The molecule has 1 aromatic carbocycles. The van der Waals surface area contributed by atoms with Gasteiger partial charge in [-0.2, -0.15) is 5.26 Å². The molecule has 1 aromatic rings. The third-order valence-corrected chi connectivity index (χ3v) is 3.29. The number of nitriles is 1. The van der Waals surface area contributed by atoms with Gasteiger partial charge in [-0.05, 0) is 44.7 Å². The molecule has 3 heteroatoms. The van der Waals surface area contributed by atoms with E-state index in [1.807, 2.05) is 12.1 Å². The van der Waals surface area contributed by atoms with Crippen LogP contribution in [-0.2, 0) is 0 Å². The second-order valence-corrected chi connectivity index (χ2v) is 5.04. The first-order chi connectivity index (χ1) is 8.13. The van der Waals surface area contributed by atoms with Crippen molar-refractivity contribution in [3.05, 3.63) is 23.8 Å². The van der Waals surface area contributed by atoms with E-state index in [4.69, 9.17) is 11.0 Å². The fourth-order valence-corrected chi connectivity index (χ4v) is 2.07. The third-order valence-electron chi connectivity index (χ3n) is 3.29. The topological polar surface area (TPSA) is 53.0 Å². The molecule has 17 heavy (non-hydrogen) atoms. The highest BCUT2D eigenvalue weighted by Crippen LogP contribution is 2.35. The summed E-state index contributed by atoms with van der Waals surface area (Å²) in [6, 6.07) is 8.25. The van der Waals surface area contributed by atoms with Gasteiger partial charge in [0, 0.05) is 12.6 Å². The van der Waals surface area contributed by atoms with Gasteiger partial charge in [-0.25, -0.2) is 0 Å². The zero-order valence-electron chi connectivity index (χ0n) is 10.5. The molecule has 0 amide bonds. The maximum Gasteiger partial charge on any atom is 0.101 e. The molecular formula is C14H19N3. The summed E-state index contributed by atoms with van der Waals surface area (Å²) < 4.78 is 0. The molecule has 0 aromatic heterocycles. The molecule has 90 valence electrons. The predicted molar refractivity (Wildman–Crippen MR) is 70.8 cm³/mol. The first-order valence-corrected chi connectivity index (χ1v) is 6.18. The molecule has 0 radical (unpaired) electrons. The molecule has 1 fully saturated rings. The summed E-state index contributed by atoms with van der Waals surface area (Å²) in [6.07, 6.45) is 2.64. The highest BCUT2D eigenvalue weighted by atomic mass is 15.2. The molecule has 1 aliphatic carbocycles. The fourth-order valence-electron chi connectivity index (χ4n) is 2.07. The van der Waals surface area contributed by atoms with Crippen molar-refractivity contribution in [3.8, 4) is 6.07 Å². The molecule has 0 bridgehead atoms. The Kier molecular flexibility index (Phi) is 3.23. The Morgan fingerprint density at radius 2 is 2.18 bits per heavy atom. The van der Waals surface area contributed by atoms with Crippen LogP contribution in [0, 0.1) is 17.2 Å². The summed E-state index contributed by atoms with van der Waals surface area (Å²) in [5.74, 6) is 0.808. The van der Waals surface area contributed by atoms with E-state index in [1.165, 1.54) is 12.8 Å². The second-order valence-electron chi connectivity index (χ2n) is 5.04. The zero-order valence-corrected chi connectivity index (χ0v) is 10.5. The minimum atomic E-state index is 0.409. The summed E-state index contributed by atoms with van der Waals surface area (Å²) >= 11 is 0. The highest BCUT2D eigenvalue weighted by Gasteiger charge is 2.26. The first kappa shape index (κ1) is 11.8. The fraction of sp³-hybridized carbons (Fsp3) is 0.500. The highest BCUT2D eigenvalue weighted by molar-refractivity contribution is 5.74. The Hall–Kier alpha value is -1.69. The van der Waals surface area contributed by atoms with Crippen molar-refractivity contribution >= 4 is 11.4 Å². The normalized spacial score (nSPS) is 14.7. The lowest BCUT2D eigenvalue weighted by Gasteiger charge is -2.30. The van der Waals surface area contributed by atoms with Gasteiger partial charge in [0.05, 0.1) is 16.9 Å². The van der Waals surface area contributed by atoms with Crippen molar-refractivity contribution in [2.45, 2.75) is 32.7 Å². The minimum Gasteiger partial charge on any atom is -0.396 e. The van der Waals surface area contributed by atoms with E-state index in [0.29, 0.717) is 17.3 Å². The van der Waals surface area contributed by atoms with Crippen LogP contribution in [0.2, 0.25) is 0 Å². The van der Waals surface area contributed by atoms with E-state index in [9.17, 15) is 0 Å². The summed E-state index contributed by atoms with van der Waals surface area (Å²) in [7, 11) is 0. The first-order valence-electron chi connectivity index (χ1n) is 6.18. The largest absolute Gasteiger partial charge is 0.396 e. The summed E-state index contributed by atoms with van der Waals surface area (Å²) in [4.78, 5) is 2.31. The van der Waals surface area contributed by atoms with E-state index >= 15 is 0 Å². The van der Waals surface area contributed by atoms with Crippen LogP contribution in [-0.4, -0.2) is 12.6 Å². The Balaban J connectivity index is 2.31. The van der Waals surface area contributed by atoms with Crippen LogP contribution >= 0.6 is 0 Å². The van der Waals surface area contributed by atoms with E-state index in [0.717, 1.165) is 18.2 Å². The van der Waals surface area contributed by atoms with Crippen LogP contribution in [0.3, 0.4) is 0 Å². The van der Waals surface area contributed by atoms with Gasteiger partial charge in [0.15, 0.2) is 0 Å². The molecule has 1 saturated carbocycles. The zero-order chi connectivity index (χ0) is 12.4. The van der Waals surface area contributed by atoms with Crippen LogP contribution in [0.5, 0.6) is 0 Å². The van der Waals surface area contributed by atoms with Crippen LogP contribution < -0.4 is 10.6 Å². The molecule has 3 nitrogen and oxygen atoms in total. The smallest absolute Gasteiger partial charge is 0.101 e. The third kappa shape index (κ3) is 2.52. The van der Waals surface area contributed by atoms with E-state index < -0.39 is 0 Å². The van der Waals surface area contributed by atoms with Crippen LogP contribution in [0.25, 0.3) is 0 Å². The molecule has 0 aliphatic heterocycles. The molecule has 1 aliphatic rings. The quantitative estimate of drug-likeness (QED) is 0.808. The van der Waals surface area contributed by atoms with Crippen molar-refractivity contribution in [3.63, 3.8) is 0 Å². The number of rotatable bonds is 4. The molecule has 2 N–H and O–H groups in total. The van der Waals surface area contributed by atoms with Crippen molar-refractivity contribution in [1.29, 1.82) is 5.26 Å². The summed E-state index contributed by atoms with van der Waals surface area (Å²) in [5, 5.41) is 9.01. The van der Waals surface area contributed by atoms with Crippen molar-refractivity contribution in [2.24, 2.45) is 5.92 Å². The number of benzene rings is 1. The molecule has 2 rings (SSSR count). The molecule has 0 heterocycles. The Morgan fingerprint density at radius 3 is 2.71 bits per heavy atom. The lowest BCUT2D eigenvalue weighted by atomic mass is 10.1. The van der Waals surface area contributed by atoms with Crippen LogP contribution in [0.15, 0.2) is 18.2 Å². The number of anilines is 2. The molecule has 0 saturated heterocycles. The average molecular weight is 229 g/mol. The minimum absolute atomic E-state index is 0.409. The maximum atomic E-state index is 9.01. The van der Waals surface area contributed by atoms with Crippen LogP contribution in [0.4, 0.5) is 11.4 Å². The number of hydrogen-bond acceptors (Lipinski definition) is 3. The number of nitrogens with two attached hydrogens (primary N) is 1. The Bertz CT molecular complexity index is 441. The summed E-state index contributed by atoms with van der Waals surface area (Å²) in [6.45, 7) is 5.39. The van der Waals surface area contributed by atoms with Gasteiger partial charge in [0.1, 0.15) is 6.07 Å². The number of nitrogens with zero attached hydrogens (tertiary/aromatic N) is 2. The predicted octanol–water partition coefficient (Wildman–Crippen LogP) is 2.77. The monoisotopic (exact) mass is 229 g/mol. The molecular weight excluding hydrogens is 210 g/mol.